The lowest BCUT2D eigenvalue weighted by atomic mass is 9.63. The zero-order chi connectivity index (χ0) is 75.2. The summed E-state index contributed by atoms with van der Waals surface area (Å²) in [6.07, 6.45) is 0.412. The predicted octanol–water partition coefficient (Wildman–Crippen LogP) is 12.4. The second-order valence-electron chi connectivity index (χ2n) is 23.3. The summed E-state index contributed by atoms with van der Waals surface area (Å²) in [6, 6.07) is 59.9. The van der Waals surface area contributed by atoms with E-state index in [9.17, 15) is 33.6 Å². The molecule has 2 aliphatic rings. The lowest BCUT2D eigenvalue weighted by molar-refractivity contribution is -0.138. The van der Waals surface area contributed by atoms with Gasteiger partial charge in [-0.1, -0.05) is 178 Å². The van der Waals surface area contributed by atoms with Gasteiger partial charge in [-0.2, -0.15) is 0 Å². The second-order valence-corrected chi connectivity index (χ2v) is 23.3. The van der Waals surface area contributed by atoms with Crippen LogP contribution in [0.5, 0.6) is 23.0 Å². The number of allylic oxidation sites excluding steroid dienone is 1. The van der Waals surface area contributed by atoms with Gasteiger partial charge in [-0.3, -0.25) is 0 Å². The molecule has 0 atom stereocenters. The van der Waals surface area contributed by atoms with Crippen LogP contribution in [-0.4, -0.2) is 123 Å². The van der Waals surface area contributed by atoms with Crippen molar-refractivity contribution in [2.75, 3.05) is 81.0 Å². The minimum atomic E-state index is -1.09. The van der Waals surface area contributed by atoms with E-state index in [0.29, 0.717) is 34.3 Å². The normalized spacial score (nSPS) is 16.9. The summed E-state index contributed by atoms with van der Waals surface area (Å²) in [5, 5.41) is 10.3. The number of fused-ring (bicyclic) bond motifs is 4. The molecule has 0 saturated carbocycles. The van der Waals surface area contributed by atoms with Crippen LogP contribution >= 0.6 is 0 Å². The van der Waals surface area contributed by atoms with Crippen molar-refractivity contribution in [1.82, 2.24) is 21.3 Å². The molecule has 542 valence electrons. The Balaban J connectivity index is 0.000000243. The molecule has 23 heteroatoms. The molecule has 0 heterocycles. The zero-order valence-corrected chi connectivity index (χ0v) is 58.7. The number of rotatable bonds is 29. The minimum absolute atomic E-state index is 0.0175. The Labute approximate surface area is 607 Å². The highest BCUT2D eigenvalue weighted by atomic mass is 16.6. The summed E-state index contributed by atoms with van der Waals surface area (Å²) in [5.41, 5.74) is 6.24. The van der Waals surface area contributed by atoms with Gasteiger partial charge in [-0.25, -0.2) is 33.6 Å². The van der Waals surface area contributed by atoms with Crippen molar-refractivity contribution in [1.29, 1.82) is 0 Å². The van der Waals surface area contributed by atoms with Crippen LogP contribution in [0.25, 0.3) is 0 Å². The number of esters is 3. The standard InChI is InChI=1S/C42H42N2O9.C40H38N2O10/c1-7-38(45)51-27-25-44-40(47)53-33-22-18-31(19-23-33)42(49-6)36-14-10-8-12-34(36)41(48-5,35-13-9-11-15-37(35)42)30-16-20-32(21-17-30)52-39(46)43-24-26-50-29(4)28(2)3;1-5-35(43)49-25-23-41-37(45)51-29-19-15-27(16-20-29)39(47-3)31-11-7-9-13-33(31)40(48-4,34-14-10-8-12-32(34)39)28-17-21-30(22-18-28)52-38(46)42-24-26-50-36(44)6-2/h7-23H,1-2,4,24-27H2,3,5-6H3,(H,43,46)(H,44,47);5-22H,1-2,23-26H2,3-4H3,(H,41,45)(H,42,46). The molecule has 0 radical (unpaired) electrons. The Bertz CT molecular complexity index is 4260. The Hall–Kier alpha value is -12.4. The average molecular weight is 1430 g/mol. The topological polar surface area (TPSA) is 278 Å². The summed E-state index contributed by atoms with van der Waals surface area (Å²) >= 11 is 0. The highest BCUT2D eigenvalue weighted by Gasteiger charge is 2.55. The average Bonchev–Trinajstić information content (AvgIpc) is 0.696. The summed E-state index contributed by atoms with van der Waals surface area (Å²) in [6.45, 7) is 19.9. The minimum Gasteiger partial charge on any atom is -0.492 e. The van der Waals surface area contributed by atoms with Gasteiger partial charge in [0.1, 0.15) is 77.6 Å². The summed E-state index contributed by atoms with van der Waals surface area (Å²) in [5.74, 6) is -0.0322. The van der Waals surface area contributed by atoms with Crippen LogP contribution in [-0.2, 0) is 74.7 Å². The number of carbonyl (C=O) groups excluding carboxylic acids is 7. The Morgan fingerprint density at radius 2 is 0.505 bits per heavy atom. The molecular formula is C82H80N4O19. The highest BCUT2D eigenvalue weighted by Crippen LogP contribution is 2.58. The third-order valence-corrected chi connectivity index (χ3v) is 17.3. The molecule has 0 saturated heterocycles. The number of hydrogen-bond acceptors (Lipinski definition) is 19. The molecule has 4 amide bonds. The van der Waals surface area contributed by atoms with Gasteiger partial charge in [0.15, 0.2) is 0 Å². The van der Waals surface area contributed by atoms with E-state index in [1.165, 1.54) is 0 Å². The molecule has 23 nitrogen and oxygen atoms in total. The molecule has 0 spiro atoms. The molecule has 8 aromatic carbocycles. The van der Waals surface area contributed by atoms with Crippen molar-refractivity contribution in [3.8, 4) is 23.0 Å². The molecule has 2 aliphatic carbocycles. The quantitative estimate of drug-likeness (QED) is 0.00846. The molecule has 0 aromatic heterocycles. The first-order valence-corrected chi connectivity index (χ1v) is 33.0. The SMILES string of the molecule is C=CC(=O)OCCNC(=O)Oc1ccc(C2(OC)c3ccccc3C(OC)(c3ccc(OC(=O)NCCOC(=C)C(=C)C)cc3)c3ccccc32)cc1.C=CC(=O)OCCNC(=O)Oc1ccc(C2(OC)c3ccccc3C(OC)(c3ccc(OC(=O)NCCOC(=O)C=C)cc3)c3ccccc32)cc1. The number of amides is 4. The summed E-state index contributed by atoms with van der Waals surface area (Å²) in [7, 11) is 6.61. The monoisotopic (exact) mass is 1420 g/mol. The van der Waals surface area contributed by atoms with E-state index in [4.69, 9.17) is 56.8 Å². The van der Waals surface area contributed by atoms with E-state index >= 15 is 0 Å². The van der Waals surface area contributed by atoms with Gasteiger partial charge in [0.2, 0.25) is 0 Å². The number of methoxy groups -OCH3 is 4. The molecule has 4 N–H and O–H groups in total. The molecule has 0 fully saturated rings. The van der Waals surface area contributed by atoms with E-state index in [1.807, 2.05) is 146 Å². The second kappa shape index (κ2) is 35.5. The van der Waals surface area contributed by atoms with Crippen LogP contribution in [0.4, 0.5) is 19.2 Å². The van der Waals surface area contributed by atoms with Crippen LogP contribution in [0.15, 0.2) is 257 Å². The lowest BCUT2D eigenvalue weighted by Gasteiger charge is -2.48. The Morgan fingerprint density at radius 1 is 0.314 bits per heavy atom. The van der Waals surface area contributed by atoms with Crippen molar-refractivity contribution >= 4 is 42.3 Å². The van der Waals surface area contributed by atoms with Gasteiger partial charge in [0, 0.05) is 46.7 Å². The maximum absolute atomic E-state index is 12.5. The number of carbonyl (C=O) groups is 7. The van der Waals surface area contributed by atoms with E-state index in [1.54, 1.807) is 83.9 Å². The summed E-state index contributed by atoms with van der Waals surface area (Å²) < 4.78 is 68.0. The van der Waals surface area contributed by atoms with Crippen molar-refractivity contribution in [2.45, 2.75) is 29.3 Å². The maximum atomic E-state index is 12.5. The van der Waals surface area contributed by atoms with Crippen LogP contribution < -0.4 is 40.2 Å². The molecule has 0 aliphatic heterocycles. The van der Waals surface area contributed by atoms with Crippen molar-refractivity contribution in [3.63, 3.8) is 0 Å². The molecule has 0 unspecified atom stereocenters. The van der Waals surface area contributed by atoms with Gasteiger partial charge in [0.05, 0.1) is 26.2 Å². The number of hydrogen-bond donors (Lipinski definition) is 4. The van der Waals surface area contributed by atoms with Crippen molar-refractivity contribution < 1.29 is 90.4 Å². The fourth-order valence-corrected chi connectivity index (χ4v) is 12.7. The fourth-order valence-electron chi connectivity index (χ4n) is 12.7. The Kier molecular flexibility index (Phi) is 25.9. The maximum Gasteiger partial charge on any atom is 0.412 e. The van der Waals surface area contributed by atoms with Crippen LogP contribution in [0, 0.1) is 0 Å². The lowest BCUT2D eigenvalue weighted by Crippen LogP contribution is -2.46. The smallest absolute Gasteiger partial charge is 0.412 e. The first kappa shape index (κ1) is 76.8. The van der Waals surface area contributed by atoms with E-state index in [2.05, 4.69) is 54.2 Å². The first-order chi connectivity index (χ1) is 50.8. The van der Waals surface area contributed by atoms with E-state index in [-0.39, 0.29) is 52.6 Å². The number of ether oxygens (including phenoxy) is 12. The Morgan fingerprint density at radius 3 is 0.676 bits per heavy atom. The van der Waals surface area contributed by atoms with Crippen molar-refractivity contribution in [3.05, 3.63) is 323 Å². The third kappa shape index (κ3) is 16.7. The van der Waals surface area contributed by atoms with Gasteiger partial charge in [0.25, 0.3) is 0 Å². The van der Waals surface area contributed by atoms with E-state index < -0.39 is 64.7 Å². The van der Waals surface area contributed by atoms with Gasteiger partial charge in [-0.15, -0.1) is 0 Å². The van der Waals surface area contributed by atoms with Crippen molar-refractivity contribution in [2.24, 2.45) is 0 Å². The van der Waals surface area contributed by atoms with Crippen LogP contribution in [0.3, 0.4) is 0 Å². The van der Waals surface area contributed by atoms with Gasteiger partial charge >= 0.3 is 42.3 Å². The van der Waals surface area contributed by atoms with Crippen LogP contribution in [0.1, 0.15) is 73.7 Å². The zero-order valence-electron chi connectivity index (χ0n) is 58.7. The van der Waals surface area contributed by atoms with Gasteiger partial charge in [-0.05, 0) is 128 Å². The number of nitrogens with one attached hydrogen (secondary N) is 4. The highest BCUT2D eigenvalue weighted by molar-refractivity contribution is 5.82. The largest absolute Gasteiger partial charge is 0.492 e. The third-order valence-electron chi connectivity index (χ3n) is 17.3. The van der Waals surface area contributed by atoms with Gasteiger partial charge < -0.3 is 78.1 Å². The van der Waals surface area contributed by atoms with Crippen LogP contribution in [0.2, 0.25) is 0 Å². The van der Waals surface area contributed by atoms with E-state index in [0.717, 1.165) is 85.0 Å². The number of benzene rings is 8. The molecule has 105 heavy (non-hydrogen) atoms. The molecule has 10 rings (SSSR count). The fraction of sp³-hybridized carbons (Fsp3) is 0.207. The molecular weight excluding hydrogens is 1340 g/mol. The molecule has 0 bridgehead atoms. The molecule has 8 aromatic rings. The summed E-state index contributed by atoms with van der Waals surface area (Å²) in [4.78, 5) is 83.3. The predicted molar refractivity (Wildman–Crippen MR) is 389 cm³/mol. The first-order valence-electron chi connectivity index (χ1n) is 33.0.